The van der Waals surface area contributed by atoms with Crippen LogP contribution < -0.4 is 0 Å². The van der Waals surface area contributed by atoms with Crippen molar-refractivity contribution in [2.75, 3.05) is 39.6 Å². The maximum Gasteiger partial charge on any atom is 0.472 e. The third kappa shape index (κ3) is 70.3. The number of aliphatic hydroxyl groups is 1. The van der Waals surface area contributed by atoms with Crippen LogP contribution in [-0.2, 0) is 65.4 Å². The number of carbonyl (C=O) groups excluding carboxylic acids is 4. The van der Waals surface area contributed by atoms with E-state index in [4.69, 9.17) is 37.0 Å². The molecule has 0 aliphatic heterocycles. The Bertz CT molecular complexity index is 1850. The number of ether oxygens (including phenoxy) is 4. The van der Waals surface area contributed by atoms with E-state index in [0.717, 1.165) is 120 Å². The van der Waals surface area contributed by atoms with Gasteiger partial charge in [-0.1, -0.05) is 337 Å². The minimum atomic E-state index is -4.96. The lowest BCUT2D eigenvalue weighted by molar-refractivity contribution is -0.161. The second-order valence-corrected chi connectivity index (χ2v) is 31.7. The molecule has 0 aromatic heterocycles. The van der Waals surface area contributed by atoms with Crippen LogP contribution in [0.2, 0.25) is 0 Å². The molecule has 3 N–H and O–H groups in total. The minimum Gasteiger partial charge on any atom is -0.462 e. The van der Waals surface area contributed by atoms with Gasteiger partial charge in [0.05, 0.1) is 26.4 Å². The number of hydrogen-bond acceptors (Lipinski definition) is 15. The van der Waals surface area contributed by atoms with Gasteiger partial charge in [0.1, 0.15) is 19.3 Å². The lowest BCUT2D eigenvalue weighted by Gasteiger charge is -2.21. The van der Waals surface area contributed by atoms with E-state index in [9.17, 15) is 43.2 Å². The van der Waals surface area contributed by atoms with Crippen LogP contribution in [0.1, 0.15) is 389 Å². The second kappa shape index (κ2) is 66.6. The van der Waals surface area contributed by atoms with Gasteiger partial charge in [0.25, 0.3) is 0 Å². The molecule has 17 nitrogen and oxygen atoms in total. The molecule has 95 heavy (non-hydrogen) atoms. The van der Waals surface area contributed by atoms with Gasteiger partial charge in [0, 0.05) is 25.7 Å². The van der Waals surface area contributed by atoms with Crippen LogP contribution in [0, 0.1) is 17.8 Å². The molecule has 0 heterocycles. The Labute approximate surface area is 581 Å². The van der Waals surface area contributed by atoms with E-state index < -0.39 is 97.5 Å². The van der Waals surface area contributed by atoms with Crippen molar-refractivity contribution in [2.45, 2.75) is 407 Å². The first-order chi connectivity index (χ1) is 45.7. The zero-order valence-electron chi connectivity index (χ0n) is 62.1. The van der Waals surface area contributed by atoms with Crippen LogP contribution in [0.4, 0.5) is 0 Å². The quantitative estimate of drug-likeness (QED) is 0.0222. The lowest BCUT2D eigenvalue weighted by Crippen LogP contribution is -2.30. The maximum absolute atomic E-state index is 13.1. The minimum absolute atomic E-state index is 0.105. The number of hydrogen-bond donors (Lipinski definition) is 3. The van der Waals surface area contributed by atoms with Crippen molar-refractivity contribution in [3.63, 3.8) is 0 Å². The summed E-state index contributed by atoms with van der Waals surface area (Å²) in [5.41, 5.74) is 0. The fraction of sp³-hybridized carbons (Fsp3) is 0.947. The topological polar surface area (TPSA) is 237 Å². The van der Waals surface area contributed by atoms with Crippen molar-refractivity contribution in [3.05, 3.63) is 0 Å². The first-order valence-corrected chi connectivity index (χ1v) is 42.3. The molecule has 0 rings (SSSR count). The second-order valence-electron chi connectivity index (χ2n) is 28.8. The highest BCUT2D eigenvalue weighted by molar-refractivity contribution is 7.47. The molecule has 0 saturated carbocycles. The molecule has 0 radical (unpaired) electrons. The van der Waals surface area contributed by atoms with Crippen molar-refractivity contribution in [3.8, 4) is 0 Å². The summed E-state index contributed by atoms with van der Waals surface area (Å²) in [6.45, 7) is 11.9. The van der Waals surface area contributed by atoms with Gasteiger partial charge in [-0.05, 0) is 43.4 Å². The molecule has 5 atom stereocenters. The van der Waals surface area contributed by atoms with Crippen LogP contribution in [0.3, 0.4) is 0 Å². The standard InChI is InChI=1S/C76H148O17P2/c1-8-9-10-11-33-43-50-57-73(78)86-63-71(92-76(81)60-53-46-39-32-26-29-36-42-49-56-69(6)7)65-90-94(82,83)88-61-70(77)62-89-95(84,85)91-66-72(64-87-74(79)58-51-44-37-30-24-20-17-16-19-23-28-35-41-48-55-68(4)5)93-75(80)59-52-45-38-31-25-21-15-13-12-14-18-22-27-34-40-47-54-67(2)3/h67-72,77H,8-66H2,1-7H3,(H,82,83)(H,84,85)/t70-,71+,72+/m0/s1. The van der Waals surface area contributed by atoms with E-state index in [2.05, 4.69) is 48.5 Å². The molecule has 0 aromatic carbocycles. The zero-order valence-corrected chi connectivity index (χ0v) is 63.9. The highest BCUT2D eigenvalue weighted by Gasteiger charge is 2.30. The molecule has 2 unspecified atom stereocenters. The van der Waals surface area contributed by atoms with Crippen molar-refractivity contribution >= 4 is 39.5 Å². The molecule has 0 aliphatic carbocycles. The molecule has 19 heteroatoms. The fourth-order valence-electron chi connectivity index (χ4n) is 11.6. The Morgan fingerprint density at radius 1 is 0.284 bits per heavy atom. The summed E-state index contributed by atoms with van der Waals surface area (Å²) in [6.07, 6.45) is 52.9. The third-order valence-corrected chi connectivity index (χ3v) is 19.5. The van der Waals surface area contributed by atoms with E-state index in [1.165, 1.54) is 186 Å². The summed E-state index contributed by atoms with van der Waals surface area (Å²) in [7, 11) is -9.91. The summed E-state index contributed by atoms with van der Waals surface area (Å²) in [5.74, 6) is 0.223. The molecule has 0 aliphatic rings. The molecule has 0 bridgehead atoms. The number of phosphoric ester groups is 2. The molecular formula is C76H148O17P2. The van der Waals surface area contributed by atoms with Crippen LogP contribution in [-0.4, -0.2) is 96.7 Å². The van der Waals surface area contributed by atoms with Crippen molar-refractivity contribution < 1.29 is 80.2 Å². The Balaban J connectivity index is 5.19. The lowest BCUT2D eigenvalue weighted by atomic mass is 10.0. The first-order valence-electron chi connectivity index (χ1n) is 39.3. The fourth-order valence-corrected chi connectivity index (χ4v) is 13.2. The molecule has 564 valence electrons. The summed E-state index contributed by atoms with van der Waals surface area (Å²) in [4.78, 5) is 72.7. The number of aliphatic hydroxyl groups excluding tert-OH is 1. The maximum atomic E-state index is 13.1. The van der Waals surface area contributed by atoms with Gasteiger partial charge in [-0.15, -0.1) is 0 Å². The Morgan fingerprint density at radius 2 is 0.484 bits per heavy atom. The average Bonchev–Trinajstić information content (AvgIpc) is 3.46. The monoisotopic (exact) mass is 1400 g/mol. The van der Waals surface area contributed by atoms with Gasteiger partial charge in [0.2, 0.25) is 0 Å². The van der Waals surface area contributed by atoms with Crippen molar-refractivity contribution in [1.82, 2.24) is 0 Å². The van der Waals surface area contributed by atoms with Crippen molar-refractivity contribution in [1.29, 1.82) is 0 Å². The predicted molar refractivity (Wildman–Crippen MR) is 386 cm³/mol. The third-order valence-electron chi connectivity index (χ3n) is 17.6. The average molecular weight is 1400 g/mol. The van der Waals surface area contributed by atoms with Crippen LogP contribution in [0.15, 0.2) is 0 Å². The van der Waals surface area contributed by atoms with E-state index in [1.807, 2.05) is 0 Å². The first kappa shape index (κ1) is 93.1. The van der Waals surface area contributed by atoms with Crippen LogP contribution in [0.25, 0.3) is 0 Å². The predicted octanol–water partition coefficient (Wildman–Crippen LogP) is 22.2. The SMILES string of the molecule is CCCCCCCCCC(=O)OC[C@H](COP(=O)(O)OC[C@H](O)COP(=O)(O)OC[C@@H](COC(=O)CCCCCCCCCCCCCCCCC(C)C)OC(=O)CCCCCCCCCCCCCCCCCCC(C)C)OC(=O)CCCCCCCCCCCC(C)C. The number of unbranched alkanes of at least 4 members (excludes halogenated alkanes) is 42. The molecular weight excluding hydrogens is 1250 g/mol. The highest BCUT2D eigenvalue weighted by atomic mass is 31.2. The van der Waals surface area contributed by atoms with Gasteiger partial charge in [-0.2, -0.15) is 0 Å². The normalized spacial score (nSPS) is 14.1. The molecule has 0 amide bonds. The molecule has 0 fully saturated rings. The largest absolute Gasteiger partial charge is 0.472 e. The van der Waals surface area contributed by atoms with E-state index in [0.29, 0.717) is 25.7 Å². The summed E-state index contributed by atoms with van der Waals surface area (Å²) in [6, 6.07) is 0. The number of esters is 4. The van der Waals surface area contributed by atoms with E-state index in [-0.39, 0.29) is 25.7 Å². The summed E-state index contributed by atoms with van der Waals surface area (Å²) < 4.78 is 68.4. The van der Waals surface area contributed by atoms with Gasteiger partial charge in [0.15, 0.2) is 12.2 Å². The van der Waals surface area contributed by atoms with Crippen molar-refractivity contribution in [2.24, 2.45) is 17.8 Å². The van der Waals surface area contributed by atoms with E-state index >= 15 is 0 Å². The smallest absolute Gasteiger partial charge is 0.462 e. The van der Waals surface area contributed by atoms with Crippen LogP contribution >= 0.6 is 15.6 Å². The zero-order chi connectivity index (χ0) is 70.1. The van der Waals surface area contributed by atoms with Gasteiger partial charge in [-0.25, -0.2) is 9.13 Å². The molecule has 0 spiro atoms. The van der Waals surface area contributed by atoms with Gasteiger partial charge < -0.3 is 33.8 Å². The number of carbonyl (C=O) groups is 4. The molecule has 0 saturated heterocycles. The van der Waals surface area contributed by atoms with Gasteiger partial charge >= 0.3 is 39.5 Å². The summed E-state index contributed by atoms with van der Waals surface area (Å²) >= 11 is 0. The Kier molecular flexibility index (Phi) is 65.2. The van der Waals surface area contributed by atoms with Gasteiger partial charge in [-0.3, -0.25) is 37.3 Å². The Hall–Kier alpha value is -1.94. The number of phosphoric acid groups is 2. The number of rotatable bonds is 74. The summed E-state index contributed by atoms with van der Waals surface area (Å²) in [5, 5.41) is 10.6. The highest BCUT2D eigenvalue weighted by Crippen LogP contribution is 2.45. The Morgan fingerprint density at radius 3 is 0.716 bits per heavy atom. The molecule has 0 aromatic rings. The van der Waals surface area contributed by atoms with E-state index in [1.54, 1.807) is 0 Å². The van der Waals surface area contributed by atoms with Crippen LogP contribution in [0.5, 0.6) is 0 Å².